The van der Waals surface area contributed by atoms with Crippen LogP contribution < -0.4 is 4.74 Å². The summed E-state index contributed by atoms with van der Waals surface area (Å²) in [6.45, 7) is 1.26. The maximum Gasteiger partial charge on any atom is 0.260 e. The van der Waals surface area contributed by atoms with Gasteiger partial charge in [-0.2, -0.15) is 10.4 Å². The predicted octanol–water partition coefficient (Wildman–Crippen LogP) is 3.87. The lowest BCUT2D eigenvalue weighted by Crippen LogP contribution is -2.45. The summed E-state index contributed by atoms with van der Waals surface area (Å²) in [5.41, 5.74) is 1.15. The van der Waals surface area contributed by atoms with Crippen molar-refractivity contribution in [3.63, 3.8) is 0 Å². The molecule has 1 aromatic heterocycles. The lowest BCUT2D eigenvalue weighted by Gasteiger charge is -2.37. The van der Waals surface area contributed by atoms with Gasteiger partial charge in [0.05, 0.1) is 18.0 Å². The molecule has 1 aliphatic rings. The molecule has 0 atom stereocenters. The van der Waals surface area contributed by atoms with Crippen LogP contribution in [0.1, 0.15) is 24.0 Å². The van der Waals surface area contributed by atoms with Crippen LogP contribution >= 0.6 is 11.6 Å². The van der Waals surface area contributed by atoms with Crippen LogP contribution in [0.25, 0.3) is 0 Å². The fourth-order valence-electron chi connectivity index (χ4n) is 4.04. The fourth-order valence-corrected chi connectivity index (χ4v) is 4.23. The number of carbonyl (C=O) groups excluding carboxylic acids is 1. The molecule has 0 saturated carbocycles. The Bertz CT molecular complexity index is 1140. The molecule has 2 aromatic carbocycles. The summed E-state index contributed by atoms with van der Waals surface area (Å²) in [5.74, 6) is 0.128. The maximum atomic E-state index is 13.2. The van der Waals surface area contributed by atoms with Crippen molar-refractivity contribution in [3.8, 4) is 11.8 Å². The first-order valence-corrected chi connectivity index (χ1v) is 11.0. The average Bonchev–Trinajstić information content (AvgIpc) is 3.33. The van der Waals surface area contributed by atoms with Crippen LogP contribution in [0.3, 0.4) is 0 Å². The highest BCUT2D eigenvalue weighted by Gasteiger charge is 2.36. The number of carbonyl (C=O) groups is 1. The van der Waals surface area contributed by atoms with Crippen LogP contribution in [-0.2, 0) is 17.8 Å². The number of nitriles is 1. The van der Waals surface area contributed by atoms with Crippen molar-refractivity contribution in [2.75, 3.05) is 19.7 Å². The van der Waals surface area contributed by atoms with E-state index in [1.165, 1.54) is 18.5 Å². The number of aromatic nitrogens is 3. The smallest absolute Gasteiger partial charge is 0.260 e. The lowest BCUT2D eigenvalue weighted by atomic mass is 9.75. The number of hydrogen-bond acceptors (Lipinski definition) is 5. The van der Waals surface area contributed by atoms with Crippen LogP contribution in [-0.4, -0.2) is 45.3 Å². The van der Waals surface area contributed by atoms with Crippen LogP contribution in [0.15, 0.2) is 55.1 Å². The van der Waals surface area contributed by atoms with E-state index in [1.54, 1.807) is 46.2 Å². The van der Waals surface area contributed by atoms with Gasteiger partial charge in [0.25, 0.3) is 5.91 Å². The largest absolute Gasteiger partial charge is 0.483 e. The summed E-state index contributed by atoms with van der Waals surface area (Å²) in [5, 5.41) is 14.5. The van der Waals surface area contributed by atoms with E-state index in [-0.39, 0.29) is 18.3 Å². The molecule has 4 rings (SSSR count). The molecule has 9 heteroatoms. The van der Waals surface area contributed by atoms with Crippen molar-refractivity contribution in [2.45, 2.75) is 25.8 Å². The van der Waals surface area contributed by atoms with Crippen molar-refractivity contribution < 1.29 is 13.9 Å². The topological polar surface area (TPSA) is 84.0 Å². The number of likely N-dealkylation sites (tertiary alicyclic amines) is 1. The van der Waals surface area contributed by atoms with Gasteiger partial charge in [-0.15, -0.1) is 0 Å². The summed E-state index contributed by atoms with van der Waals surface area (Å²) in [4.78, 5) is 18.4. The number of nitrogens with zero attached hydrogens (tertiary/aromatic N) is 5. The highest BCUT2D eigenvalue weighted by Crippen LogP contribution is 2.34. The SMILES string of the molecule is N#CC1(Cc2ccc(F)cc2)CCN(C(=O)COc2ccc(Cl)cc2Cn2cncn2)CC1. The molecule has 7 nitrogen and oxygen atoms in total. The second-order valence-electron chi connectivity index (χ2n) is 8.21. The molecule has 170 valence electrons. The highest BCUT2D eigenvalue weighted by atomic mass is 35.5. The second-order valence-corrected chi connectivity index (χ2v) is 8.65. The first-order valence-electron chi connectivity index (χ1n) is 10.6. The third kappa shape index (κ3) is 5.68. The van der Waals surface area contributed by atoms with Crippen LogP contribution in [0.4, 0.5) is 4.39 Å². The Hall–Kier alpha value is -3.44. The van der Waals surface area contributed by atoms with E-state index in [4.69, 9.17) is 16.3 Å². The zero-order valence-electron chi connectivity index (χ0n) is 18.0. The molecule has 0 unspecified atom stereocenters. The highest BCUT2D eigenvalue weighted by molar-refractivity contribution is 6.30. The number of benzene rings is 2. The van der Waals surface area contributed by atoms with Crippen molar-refractivity contribution in [2.24, 2.45) is 5.41 Å². The molecule has 0 bridgehead atoms. The molecule has 0 radical (unpaired) electrons. The number of ether oxygens (including phenoxy) is 1. The molecule has 0 spiro atoms. The average molecular weight is 468 g/mol. The predicted molar refractivity (Wildman–Crippen MR) is 120 cm³/mol. The van der Waals surface area contributed by atoms with Gasteiger partial charge in [-0.3, -0.25) is 4.79 Å². The molecule has 1 fully saturated rings. The monoisotopic (exact) mass is 467 g/mol. The third-order valence-corrected chi connectivity index (χ3v) is 6.17. The van der Waals surface area contributed by atoms with Gasteiger partial charge in [0.1, 0.15) is 24.2 Å². The minimum atomic E-state index is -0.559. The molecule has 2 heterocycles. The molecule has 0 N–H and O–H groups in total. The molecule has 0 aliphatic carbocycles. The minimum absolute atomic E-state index is 0.108. The summed E-state index contributed by atoms with van der Waals surface area (Å²) < 4.78 is 20.7. The van der Waals surface area contributed by atoms with E-state index in [9.17, 15) is 14.4 Å². The Labute approximate surface area is 196 Å². The van der Waals surface area contributed by atoms with E-state index in [1.807, 2.05) is 0 Å². The van der Waals surface area contributed by atoms with E-state index < -0.39 is 5.41 Å². The van der Waals surface area contributed by atoms with E-state index in [0.717, 1.165) is 11.1 Å². The Morgan fingerprint density at radius 2 is 1.97 bits per heavy atom. The van der Waals surface area contributed by atoms with Crippen molar-refractivity contribution in [1.82, 2.24) is 19.7 Å². The normalized spacial score (nSPS) is 15.1. The van der Waals surface area contributed by atoms with Crippen molar-refractivity contribution in [1.29, 1.82) is 5.26 Å². The molecular weight excluding hydrogens is 445 g/mol. The number of hydrogen-bond donors (Lipinski definition) is 0. The molecular formula is C24H23ClFN5O2. The quantitative estimate of drug-likeness (QED) is 0.526. The maximum absolute atomic E-state index is 13.2. The van der Waals surface area contributed by atoms with Crippen LogP contribution in [0, 0.1) is 22.6 Å². The fraction of sp³-hybridized carbons (Fsp3) is 0.333. The molecule has 3 aromatic rings. The molecule has 1 saturated heterocycles. The number of piperidine rings is 1. The van der Waals surface area contributed by atoms with Crippen molar-refractivity contribution >= 4 is 17.5 Å². The number of halogens is 2. The second kappa shape index (κ2) is 10.0. The first-order chi connectivity index (χ1) is 16.0. The van der Waals surface area contributed by atoms with Crippen molar-refractivity contribution in [3.05, 3.63) is 77.1 Å². The van der Waals surface area contributed by atoms with E-state index in [0.29, 0.717) is 49.7 Å². The Balaban J connectivity index is 1.34. The zero-order chi connectivity index (χ0) is 23.3. The van der Waals surface area contributed by atoms with Crippen LogP contribution in [0.5, 0.6) is 5.75 Å². The van der Waals surface area contributed by atoms with Gasteiger partial charge in [-0.05, 0) is 55.2 Å². The standard InChI is InChI=1S/C24H23ClFN5O2/c25-20-3-6-22(19(11-20)13-31-17-28-16-29-31)33-14-23(32)30-9-7-24(15-27,8-10-30)12-18-1-4-21(26)5-2-18/h1-6,11,16-17H,7-10,12-14H2. The summed E-state index contributed by atoms with van der Waals surface area (Å²) >= 11 is 6.13. The summed E-state index contributed by atoms with van der Waals surface area (Å²) in [6, 6.07) is 13.9. The van der Waals surface area contributed by atoms with Gasteiger partial charge in [-0.25, -0.2) is 14.1 Å². The van der Waals surface area contributed by atoms with Gasteiger partial charge in [0, 0.05) is 23.7 Å². The minimum Gasteiger partial charge on any atom is -0.483 e. The Kier molecular flexibility index (Phi) is 6.90. The Morgan fingerprint density at radius 1 is 1.21 bits per heavy atom. The van der Waals surface area contributed by atoms with Gasteiger partial charge in [0.15, 0.2) is 6.61 Å². The van der Waals surface area contributed by atoms with Crippen LogP contribution in [0.2, 0.25) is 5.02 Å². The van der Waals surface area contributed by atoms with E-state index in [2.05, 4.69) is 16.2 Å². The summed E-state index contributed by atoms with van der Waals surface area (Å²) in [7, 11) is 0. The number of amides is 1. The molecule has 1 amide bonds. The van der Waals surface area contributed by atoms with Gasteiger partial charge in [0.2, 0.25) is 0 Å². The molecule has 33 heavy (non-hydrogen) atoms. The zero-order valence-corrected chi connectivity index (χ0v) is 18.7. The van der Waals surface area contributed by atoms with Gasteiger partial charge < -0.3 is 9.64 Å². The molecule has 1 aliphatic heterocycles. The Morgan fingerprint density at radius 3 is 2.64 bits per heavy atom. The van der Waals surface area contributed by atoms with Gasteiger partial charge >= 0.3 is 0 Å². The number of rotatable bonds is 7. The lowest BCUT2D eigenvalue weighted by molar-refractivity contribution is -0.135. The summed E-state index contributed by atoms with van der Waals surface area (Å²) in [6.07, 6.45) is 4.70. The van der Waals surface area contributed by atoms with E-state index >= 15 is 0 Å². The van der Waals surface area contributed by atoms with Gasteiger partial charge in [-0.1, -0.05) is 23.7 Å². The first kappa shape index (κ1) is 22.7. The third-order valence-electron chi connectivity index (χ3n) is 5.94.